The largest absolute Gasteiger partial charge is 0.461 e. The predicted molar refractivity (Wildman–Crippen MR) is 76.8 cm³/mol. The van der Waals surface area contributed by atoms with Gasteiger partial charge >= 0.3 is 6.01 Å². The van der Waals surface area contributed by atoms with E-state index in [0.717, 1.165) is 32.5 Å². The van der Waals surface area contributed by atoms with Crippen LogP contribution in [0.15, 0.2) is 0 Å². The maximum absolute atomic E-state index is 5.70. The van der Waals surface area contributed by atoms with Crippen molar-refractivity contribution in [1.29, 1.82) is 0 Å². The molecule has 1 aliphatic heterocycles. The van der Waals surface area contributed by atoms with E-state index in [-0.39, 0.29) is 12.0 Å². The van der Waals surface area contributed by atoms with Crippen LogP contribution in [-0.4, -0.2) is 47.9 Å². The lowest BCUT2D eigenvalue weighted by Gasteiger charge is -2.15. The van der Waals surface area contributed by atoms with Crippen LogP contribution in [0.1, 0.15) is 26.7 Å². The molecule has 2 N–H and O–H groups in total. The predicted octanol–water partition coefficient (Wildman–Crippen LogP) is 1.11. The minimum atomic E-state index is 0.194. The standard InChI is InChI=1S/C13H23N5O2/c1-10(2)9-19-7-8-20-13-16-11(14)15-12(17-13)18-5-3-4-6-18/h10H,3-9H2,1-2H3,(H2,14,15,16,17). The Kier molecular flexibility index (Phi) is 5.34. The second-order valence-corrected chi connectivity index (χ2v) is 5.29. The third-order valence-corrected chi connectivity index (χ3v) is 2.92. The van der Waals surface area contributed by atoms with Crippen LogP contribution >= 0.6 is 0 Å². The zero-order chi connectivity index (χ0) is 14.4. The van der Waals surface area contributed by atoms with E-state index in [2.05, 4.69) is 33.7 Å². The highest BCUT2D eigenvalue weighted by Crippen LogP contribution is 2.18. The maximum Gasteiger partial charge on any atom is 0.323 e. The van der Waals surface area contributed by atoms with Gasteiger partial charge in [-0.1, -0.05) is 13.8 Å². The molecule has 0 aliphatic carbocycles. The fourth-order valence-corrected chi connectivity index (χ4v) is 2.00. The number of rotatable bonds is 7. The minimum absolute atomic E-state index is 0.194. The van der Waals surface area contributed by atoms with Crippen molar-refractivity contribution in [3.63, 3.8) is 0 Å². The lowest BCUT2D eigenvalue weighted by molar-refractivity contribution is 0.0792. The van der Waals surface area contributed by atoms with Crippen LogP contribution in [0.4, 0.5) is 11.9 Å². The molecule has 1 saturated heterocycles. The molecule has 2 rings (SSSR count). The van der Waals surface area contributed by atoms with E-state index in [1.165, 1.54) is 0 Å². The Morgan fingerprint density at radius 2 is 1.90 bits per heavy atom. The Balaban J connectivity index is 1.84. The van der Waals surface area contributed by atoms with Gasteiger partial charge in [0, 0.05) is 19.7 Å². The van der Waals surface area contributed by atoms with Crippen LogP contribution in [0, 0.1) is 5.92 Å². The van der Waals surface area contributed by atoms with Crippen molar-refractivity contribution in [2.75, 3.05) is 43.5 Å². The van der Waals surface area contributed by atoms with Gasteiger partial charge in [0.2, 0.25) is 11.9 Å². The normalized spacial score (nSPS) is 15.1. The number of ether oxygens (including phenoxy) is 2. The molecular formula is C13H23N5O2. The average Bonchev–Trinajstić information content (AvgIpc) is 2.91. The van der Waals surface area contributed by atoms with Crippen LogP contribution in [0.2, 0.25) is 0 Å². The molecule has 7 nitrogen and oxygen atoms in total. The molecule has 7 heteroatoms. The molecule has 2 heterocycles. The molecule has 20 heavy (non-hydrogen) atoms. The molecule has 1 fully saturated rings. The molecule has 0 spiro atoms. The molecule has 0 radical (unpaired) electrons. The highest BCUT2D eigenvalue weighted by molar-refractivity contribution is 5.36. The van der Waals surface area contributed by atoms with E-state index < -0.39 is 0 Å². The summed E-state index contributed by atoms with van der Waals surface area (Å²) in [4.78, 5) is 14.5. The van der Waals surface area contributed by atoms with E-state index in [9.17, 15) is 0 Å². The first-order valence-electron chi connectivity index (χ1n) is 7.12. The Morgan fingerprint density at radius 1 is 1.15 bits per heavy atom. The highest BCUT2D eigenvalue weighted by Gasteiger charge is 2.17. The molecule has 0 unspecified atom stereocenters. The molecular weight excluding hydrogens is 258 g/mol. The van der Waals surface area contributed by atoms with Gasteiger partial charge in [-0.05, 0) is 18.8 Å². The molecule has 0 atom stereocenters. The number of nitrogens with two attached hydrogens (primary N) is 1. The topological polar surface area (TPSA) is 86.4 Å². The second-order valence-electron chi connectivity index (χ2n) is 5.29. The smallest absolute Gasteiger partial charge is 0.323 e. The second kappa shape index (κ2) is 7.23. The van der Waals surface area contributed by atoms with Gasteiger partial charge in [-0.3, -0.25) is 0 Å². The highest BCUT2D eigenvalue weighted by atomic mass is 16.5. The summed E-state index contributed by atoms with van der Waals surface area (Å²) < 4.78 is 10.9. The molecule has 112 valence electrons. The van der Waals surface area contributed by atoms with Crippen LogP contribution in [0.5, 0.6) is 6.01 Å². The molecule has 0 amide bonds. The number of nitrogens with zero attached hydrogens (tertiary/aromatic N) is 4. The Bertz CT molecular complexity index is 421. The lowest BCUT2D eigenvalue weighted by Crippen LogP contribution is -2.22. The number of anilines is 2. The lowest BCUT2D eigenvalue weighted by atomic mass is 10.2. The number of nitrogen functional groups attached to an aromatic ring is 1. The fraction of sp³-hybridized carbons (Fsp3) is 0.769. The Morgan fingerprint density at radius 3 is 2.60 bits per heavy atom. The zero-order valence-electron chi connectivity index (χ0n) is 12.2. The van der Waals surface area contributed by atoms with Gasteiger partial charge in [0.15, 0.2) is 0 Å². The van der Waals surface area contributed by atoms with Gasteiger partial charge in [0.1, 0.15) is 6.61 Å². The van der Waals surface area contributed by atoms with Gasteiger partial charge in [-0.15, -0.1) is 0 Å². The van der Waals surface area contributed by atoms with Crippen LogP contribution in [0.3, 0.4) is 0 Å². The van der Waals surface area contributed by atoms with E-state index in [4.69, 9.17) is 15.2 Å². The third-order valence-electron chi connectivity index (χ3n) is 2.92. The van der Waals surface area contributed by atoms with Gasteiger partial charge in [0.05, 0.1) is 6.61 Å². The van der Waals surface area contributed by atoms with Crippen molar-refractivity contribution in [3.05, 3.63) is 0 Å². The van der Waals surface area contributed by atoms with Gasteiger partial charge < -0.3 is 20.1 Å². The first-order chi connectivity index (χ1) is 9.65. The maximum atomic E-state index is 5.70. The summed E-state index contributed by atoms with van der Waals surface area (Å²) >= 11 is 0. The van der Waals surface area contributed by atoms with Crippen molar-refractivity contribution >= 4 is 11.9 Å². The third kappa shape index (κ3) is 4.48. The summed E-state index contributed by atoms with van der Waals surface area (Å²) in [6.07, 6.45) is 2.32. The summed E-state index contributed by atoms with van der Waals surface area (Å²) in [5.41, 5.74) is 5.70. The van der Waals surface area contributed by atoms with Crippen LogP contribution in [0.25, 0.3) is 0 Å². The average molecular weight is 281 g/mol. The van der Waals surface area contributed by atoms with Gasteiger partial charge in [0.25, 0.3) is 0 Å². The first-order valence-corrected chi connectivity index (χ1v) is 7.12. The fourth-order valence-electron chi connectivity index (χ4n) is 2.00. The van der Waals surface area contributed by atoms with Crippen molar-refractivity contribution in [2.24, 2.45) is 5.92 Å². The van der Waals surface area contributed by atoms with Crippen molar-refractivity contribution in [3.8, 4) is 6.01 Å². The summed E-state index contributed by atoms with van der Waals surface area (Å²) in [5.74, 6) is 1.32. The molecule has 1 aromatic heterocycles. The van der Waals surface area contributed by atoms with Crippen LogP contribution in [-0.2, 0) is 4.74 Å². The summed E-state index contributed by atoms with van der Waals surface area (Å²) in [5, 5.41) is 0. The SMILES string of the molecule is CC(C)COCCOc1nc(N)nc(N2CCCC2)n1. The molecule has 1 aromatic rings. The minimum Gasteiger partial charge on any atom is -0.461 e. The molecule has 0 bridgehead atoms. The van der Waals surface area contributed by atoms with Crippen molar-refractivity contribution in [2.45, 2.75) is 26.7 Å². The monoisotopic (exact) mass is 281 g/mol. The molecule has 0 saturated carbocycles. The Hall–Kier alpha value is -1.63. The zero-order valence-corrected chi connectivity index (χ0v) is 12.2. The van der Waals surface area contributed by atoms with Gasteiger partial charge in [-0.2, -0.15) is 15.0 Å². The summed E-state index contributed by atoms with van der Waals surface area (Å²) in [6.45, 7) is 7.78. The number of hydrogen-bond donors (Lipinski definition) is 1. The van der Waals surface area contributed by atoms with Crippen molar-refractivity contribution in [1.82, 2.24) is 15.0 Å². The summed E-state index contributed by atoms with van der Waals surface area (Å²) in [6, 6.07) is 0.271. The van der Waals surface area contributed by atoms with Crippen molar-refractivity contribution < 1.29 is 9.47 Å². The van der Waals surface area contributed by atoms with E-state index in [1.807, 2.05) is 0 Å². The number of aromatic nitrogens is 3. The quantitative estimate of drug-likeness (QED) is 0.749. The summed E-state index contributed by atoms with van der Waals surface area (Å²) in [7, 11) is 0. The number of hydrogen-bond acceptors (Lipinski definition) is 7. The van der Waals surface area contributed by atoms with E-state index in [0.29, 0.717) is 25.1 Å². The van der Waals surface area contributed by atoms with Crippen LogP contribution < -0.4 is 15.4 Å². The first kappa shape index (κ1) is 14.8. The molecule has 0 aromatic carbocycles. The Labute approximate surface area is 119 Å². The van der Waals surface area contributed by atoms with E-state index in [1.54, 1.807) is 0 Å². The van der Waals surface area contributed by atoms with Gasteiger partial charge in [-0.25, -0.2) is 0 Å². The van der Waals surface area contributed by atoms with E-state index >= 15 is 0 Å². The molecule has 1 aliphatic rings.